The molecule has 0 aromatic heterocycles. The predicted molar refractivity (Wildman–Crippen MR) is 64.3 cm³/mol. The van der Waals surface area contributed by atoms with Gasteiger partial charge in [-0.1, -0.05) is 30.3 Å². The predicted octanol–water partition coefficient (Wildman–Crippen LogP) is 1.50. The Labute approximate surface area is 94.4 Å². The van der Waals surface area contributed by atoms with Gasteiger partial charge in [0.05, 0.1) is 6.04 Å². The molecule has 1 saturated heterocycles. The number of hydrogen-bond donors (Lipinski definition) is 1. The molecule has 0 amide bonds. The maximum Gasteiger partial charge on any atom is 0.154 e. The summed E-state index contributed by atoms with van der Waals surface area (Å²) in [6.45, 7) is 0.954. The van der Waals surface area contributed by atoms with E-state index in [-0.39, 0.29) is 6.04 Å². The van der Waals surface area contributed by atoms with E-state index in [4.69, 9.17) is 0 Å². The Morgan fingerprint density at radius 3 is 2.87 bits per heavy atom. The van der Waals surface area contributed by atoms with Crippen molar-refractivity contribution in [2.75, 3.05) is 18.1 Å². The van der Waals surface area contributed by atoms with Crippen LogP contribution >= 0.6 is 11.8 Å². The van der Waals surface area contributed by atoms with E-state index in [1.165, 1.54) is 0 Å². The number of thioether (sulfide) groups is 1. The lowest BCUT2D eigenvalue weighted by molar-refractivity contribution is -0.119. The van der Waals surface area contributed by atoms with Crippen molar-refractivity contribution in [3.8, 4) is 0 Å². The van der Waals surface area contributed by atoms with Crippen molar-refractivity contribution in [1.82, 2.24) is 5.32 Å². The van der Waals surface area contributed by atoms with Crippen LogP contribution in [0.1, 0.15) is 5.56 Å². The first-order valence-corrected chi connectivity index (χ1v) is 6.39. The van der Waals surface area contributed by atoms with E-state index in [2.05, 4.69) is 5.32 Å². The van der Waals surface area contributed by atoms with Gasteiger partial charge in [0.1, 0.15) is 0 Å². The van der Waals surface area contributed by atoms with Crippen LogP contribution in [0.15, 0.2) is 30.3 Å². The number of carbonyl (C=O) groups is 1. The minimum atomic E-state index is 0.0592. The van der Waals surface area contributed by atoms with E-state index in [1.54, 1.807) is 0 Å². The van der Waals surface area contributed by atoms with E-state index >= 15 is 0 Å². The zero-order chi connectivity index (χ0) is 10.5. The van der Waals surface area contributed by atoms with Gasteiger partial charge in [0.2, 0.25) is 0 Å². The monoisotopic (exact) mass is 221 g/mol. The summed E-state index contributed by atoms with van der Waals surface area (Å²) in [5, 5.41) is 3.27. The molecular weight excluding hydrogens is 206 g/mol. The summed E-state index contributed by atoms with van der Waals surface area (Å²) in [7, 11) is 0. The third-order valence-electron chi connectivity index (χ3n) is 2.53. The zero-order valence-corrected chi connectivity index (χ0v) is 9.43. The molecule has 1 aliphatic rings. The number of carbonyl (C=O) groups excluding carboxylic acids is 1. The first kappa shape index (κ1) is 10.7. The van der Waals surface area contributed by atoms with Crippen molar-refractivity contribution in [2.45, 2.75) is 12.5 Å². The minimum Gasteiger partial charge on any atom is -0.306 e. The molecule has 0 spiro atoms. The van der Waals surface area contributed by atoms with E-state index in [0.29, 0.717) is 12.2 Å². The van der Waals surface area contributed by atoms with Crippen LogP contribution in [-0.2, 0) is 11.2 Å². The molecule has 1 aromatic rings. The number of benzene rings is 1. The van der Waals surface area contributed by atoms with Gasteiger partial charge in [-0.25, -0.2) is 0 Å². The van der Waals surface area contributed by atoms with E-state index in [1.807, 2.05) is 42.1 Å². The van der Waals surface area contributed by atoms with Gasteiger partial charge < -0.3 is 5.32 Å². The number of ketones is 1. The quantitative estimate of drug-likeness (QED) is 0.838. The Morgan fingerprint density at radius 1 is 1.40 bits per heavy atom. The van der Waals surface area contributed by atoms with Gasteiger partial charge in [0.25, 0.3) is 0 Å². The van der Waals surface area contributed by atoms with Crippen LogP contribution in [0, 0.1) is 0 Å². The van der Waals surface area contributed by atoms with Crippen LogP contribution in [0.4, 0.5) is 0 Å². The molecule has 80 valence electrons. The normalized spacial score (nSPS) is 21.2. The Hall–Kier alpha value is -0.800. The van der Waals surface area contributed by atoms with E-state index in [9.17, 15) is 4.79 Å². The lowest BCUT2D eigenvalue weighted by Gasteiger charge is -2.21. The smallest absolute Gasteiger partial charge is 0.154 e. The Bertz CT molecular complexity index is 320. The minimum absolute atomic E-state index is 0.0592. The molecule has 15 heavy (non-hydrogen) atoms. The maximum atomic E-state index is 11.9. The topological polar surface area (TPSA) is 29.1 Å². The molecule has 0 bridgehead atoms. The summed E-state index contributed by atoms with van der Waals surface area (Å²) in [6.07, 6.45) is 0.555. The molecule has 1 unspecified atom stereocenters. The van der Waals surface area contributed by atoms with Crippen LogP contribution in [0.3, 0.4) is 0 Å². The highest BCUT2D eigenvalue weighted by molar-refractivity contribution is 7.99. The lowest BCUT2D eigenvalue weighted by Crippen LogP contribution is -2.44. The number of rotatable bonds is 3. The average molecular weight is 221 g/mol. The molecule has 0 saturated carbocycles. The molecule has 0 aliphatic carbocycles. The molecule has 3 heteroatoms. The van der Waals surface area contributed by atoms with Crippen LogP contribution in [-0.4, -0.2) is 29.9 Å². The van der Waals surface area contributed by atoms with Crippen LogP contribution in [0.25, 0.3) is 0 Å². The van der Waals surface area contributed by atoms with Crippen molar-refractivity contribution in [1.29, 1.82) is 0 Å². The molecule has 2 rings (SSSR count). The second-order valence-electron chi connectivity index (χ2n) is 3.71. The van der Waals surface area contributed by atoms with Crippen LogP contribution in [0.2, 0.25) is 0 Å². The highest BCUT2D eigenvalue weighted by Crippen LogP contribution is 2.10. The molecule has 1 heterocycles. The highest BCUT2D eigenvalue weighted by atomic mass is 32.2. The van der Waals surface area contributed by atoms with Crippen molar-refractivity contribution in [3.05, 3.63) is 35.9 Å². The van der Waals surface area contributed by atoms with Crippen LogP contribution in [0.5, 0.6) is 0 Å². The average Bonchev–Trinajstić information content (AvgIpc) is 2.31. The van der Waals surface area contributed by atoms with Crippen molar-refractivity contribution in [3.63, 3.8) is 0 Å². The maximum absolute atomic E-state index is 11.9. The summed E-state index contributed by atoms with van der Waals surface area (Å²) in [4.78, 5) is 11.9. The van der Waals surface area contributed by atoms with Gasteiger partial charge in [-0.05, 0) is 5.56 Å². The van der Waals surface area contributed by atoms with Crippen molar-refractivity contribution >= 4 is 17.5 Å². The van der Waals surface area contributed by atoms with E-state index in [0.717, 1.165) is 23.6 Å². The summed E-state index contributed by atoms with van der Waals surface area (Å²) < 4.78 is 0. The number of Topliss-reactive ketones (excluding diaryl/α,β-unsaturated/α-hetero) is 1. The summed E-state index contributed by atoms with van der Waals surface area (Å²) in [5.74, 6) is 2.36. The second kappa shape index (κ2) is 5.33. The number of hydrogen-bond acceptors (Lipinski definition) is 3. The van der Waals surface area contributed by atoms with Crippen LogP contribution < -0.4 is 5.32 Å². The van der Waals surface area contributed by atoms with Gasteiger partial charge in [-0.2, -0.15) is 11.8 Å². The second-order valence-corrected chi connectivity index (χ2v) is 4.86. The summed E-state index contributed by atoms with van der Waals surface area (Å²) >= 11 is 1.86. The fourth-order valence-electron chi connectivity index (χ4n) is 1.69. The summed E-state index contributed by atoms with van der Waals surface area (Å²) in [5.41, 5.74) is 1.11. The molecule has 2 nitrogen and oxygen atoms in total. The Morgan fingerprint density at radius 2 is 2.20 bits per heavy atom. The van der Waals surface area contributed by atoms with Gasteiger partial charge >= 0.3 is 0 Å². The SMILES string of the molecule is O=C(Cc1ccccc1)C1CSCCN1. The molecule has 0 radical (unpaired) electrons. The molecule has 1 N–H and O–H groups in total. The van der Waals surface area contributed by atoms with Gasteiger partial charge in [0.15, 0.2) is 5.78 Å². The molecule has 1 fully saturated rings. The Balaban J connectivity index is 1.91. The first-order valence-electron chi connectivity index (χ1n) is 5.24. The molecule has 1 aliphatic heterocycles. The lowest BCUT2D eigenvalue weighted by atomic mass is 10.0. The fourth-order valence-corrected chi connectivity index (χ4v) is 2.66. The first-order chi connectivity index (χ1) is 7.36. The largest absolute Gasteiger partial charge is 0.306 e. The highest BCUT2D eigenvalue weighted by Gasteiger charge is 2.20. The van der Waals surface area contributed by atoms with Gasteiger partial charge in [0, 0.05) is 24.5 Å². The summed E-state index contributed by atoms with van der Waals surface area (Å²) in [6, 6.07) is 10.0. The van der Waals surface area contributed by atoms with Gasteiger partial charge in [-0.3, -0.25) is 4.79 Å². The number of nitrogens with one attached hydrogen (secondary N) is 1. The third kappa shape index (κ3) is 3.08. The Kier molecular flexibility index (Phi) is 3.80. The fraction of sp³-hybridized carbons (Fsp3) is 0.417. The standard InChI is InChI=1S/C12H15NOS/c14-12(11-9-15-7-6-13-11)8-10-4-2-1-3-5-10/h1-5,11,13H,6-9H2. The molecule has 1 aromatic carbocycles. The molecule has 1 atom stereocenters. The molecular formula is C12H15NOS. The van der Waals surface area contributed by atoms with Crippen molar-refractivity contribution in [2.24, 2.45) is 0 Å². The third-order valence-corrected chi connectivity index (χ3v) is 3.59. The van der Waals surface area contributed by atoms with E-state index < -0.39 is 0 Å². The van der Waals surface area contributed by atoms with Crippen molar-refractivity contribution < 1.29 is 4.79 Å². The van der Waals surface area contributed by atoms with Gasteiger partial charge in [-0.15, -0.1) is 0 Å². The zero-order valence-electron chi connectivity index (χ0n) is 8.61.